The summed E-state index contributed by atoms with van der Waals surface area (Å²) < 4.78 is 0. The van der Waals surface area contributed by atoms with Crippen LogP contribution in [-0.2, 0) is 0 Å². The molecule has 0 bridgehead atoms. The quantitative estimate of drug-likeness (QED) is 0.769. The van der Waals surface area contributed by atoms with Crippen LogP contribution in [0.2, 0.25) is 0 Å². The lowest BCUT2D eigenvalue weighted by molar-refractivity contribution is 0.359. The van der Waals surface area contributed by atoms with Gasteiger partial charge in [0.25, 0.3) is 5.56 Å². The van der Waals surface area contributed by atoms with Gasteiger partial charge in [0.05, 0.1) is 16.6 Å². The molecule has 0 saturated carbocycles. The minimum Gasteiger partial charge on any atom is -0.367 e. The van der Waals surface area contributed by atoms with Crippen molar-refractivity contribution in [2.24, 2.45) is 5.41 Å². The number of pyridine rings is 3. The summed E-state index contributed by atoms with van der Waals surface area (Å²) in [6, 6.07) is 9.60. The van der Waals surface area contributed by atoms with Gasteiger partial charge >= 0.3 is 0 Å². The second-order valence-corrected chi connectivity index (χ2v) is 7.07. The molecule has 5 heteroatoms. The van der Waals surface area contributed by atoms with E-state index in [9.17, 15) is 4.79 Å². The maximum atomic E-state index is 12.1. The highest BCUT2D eigenvalue weighted by Crippen LogP contribution is 2.30. The van der Waals surface area contributed by atoms with Gasteiger partial charge in [0, 0.05) is 24.0 Å². The van der Waals surface area contributed by atoms with Crippen molar-refractivity contribution in [3.63, 3.8) is 0 Å². The summed E-state index contributed by atoms with van der Waals surface area (Å²) in [7, 11) is 0. The van der Waals surface area contributed by atoms with Gasteiger partial charge in [-0.1, -0.05) is 26.8 Å². The largest absolute Gasteiger partial charge is 0.367 e. The average Bonchev–Trinajstić information content (AvgIpc) is 2.54. The number of hydrogen-bond acceptors (Lipinski definition) is 4. The third-order valence-electron chi connectivity index (χ3n) is 4.35. The minimum absolute atomic E-state index is 0.0756. The molecule has 0 aromatic carbocycles. The molecular weight excluding hydrogens is 300 g/mol. The Morgan fingerprint density at radius 1 is 1.21 bits per heavy atom. The second kappa shape index (κ2) is 6.07. The normalized spacial score (nSPS) is 13.0. The molecule has 0 saturated heterocycles. The van der Waals surface area contributed by atoms with Gasteiger partial charge in [0.2, 0.25) is 0 Å². The summed E-state index contributed by atoms with van der Waals surface area (Å²) in [5, 5.41) is 4.06. The Balaban J connectivity index is 2.20. The fraction of sp³-hybridized carbons (Fsp3) is 0.316. The van der Waals surface area contributed by atoms with Crippen LogP contribution in [0.25, 0.3) is 22.2 Å². The van der Waals surface area contributed by atoms with Crippen LogP contribution in [0, 0.1) is 5.41 Å². The Bertz CT molecular complexity index is 910. The number of fused-ring (bicyclic) bond motifs is 1. The number of H-pyrrole nitrogens is 1. The summed E-state index contributed by atoms with van der Waals surface area (Å²) in [6.45, 7) is 8.66. The third kappa shape index (κ3) is 3.15. The molecule has 0 fully saturated rings. The SMILES string of the molecule is CC(Nc1nc2cc[nH]c(=O)c2cc1-c1ccccn1)C(C)(C)C. The zero-order valence-electron chi connectivity index (χ0n) is 14.4. The number of rotatable bonds is 3. The number of nitrogens with one attached hydrogen (secondary N) is 2. The van der Waals surface area contributed by atoms with Crippen molar-refractivity contribution >= 4 is 16.7 Å². The Hall–Kier alpha value is -2.69. The molecule has 5 nitrogen and oxygen atoms in total. The van der Waals surface area contributed by atoms with E-state index in [1.807, 2.05) is 30.3 Å². The van der Waals surface area contributed by atoms with Crippen LogP contribution in [0.1, 0.15) is 27.7 Å². The summed E-state index contributed by atoms with van der Waals surface area (Å²) in [5.74, 6) is 0.745. The molecule has 0 aliphatic rings. The van der Waals surface area contributed by atoms with Gasteiger partial charge < -0.3 is 10.3 Å². The van der Waals surface area contributed by atoms with Crippen LogP contribution >= 0.6 is 0 Å². The van der Waals surface area contributed by atoms with E-state index in [-0.39, 0.29) is 17.0 Å². The fourth-order valence-corrected chi connectivity index (χ4v) is 2.36. The molecule has 2 N–H and O–H groups in total. The molecule has 3 aromatic heterocycles. The van der Waals surface area contributed by atoms with E-state index in [4.69, 9.17) is 4.98 Å². The topological polar surface area (TPSA) is 70.7 Å². The van der Waals surface area contributed by atoms with E-state index in [1.54, 1.807) is 12.4 Å². The lowest BCUT2D eigenvalue weighted by Crippen LogP contribution is -2.31. The van der Waals surface area contributed by atoms with E-state index in [0.29, 0.717) is 10.9 Å². The zero-order valence-corrected chi connectivity index (χ0v) is 14.4. The van der Waals surface area contributed by atoms with Gasteiger partial charge in [0.15, 0.2) is 0 Å². The molecule has 124 valence electrons. The summed E-state index contributed by atoms with van der Waals surface area (Å²) >= 11 is 0. The molecule has 3 aromatic rings. The average molecular weight is 322 g/mol. The number of hydrogen-bond donors (Lipinski definition) is 2. The highest BCUT2D eigenvalue weighted by atomic mass is 16.1. The number of aromatic amines is 1. The Labute approximate surface area is 141 Å². The maximum absolute atomic E-state index is 12.1. The molecule has 0 aliphatic heterocycles. The van der Waals surface area contributed by atoms with Crippen LogP contribution in [-0.4, -0.2) is 21.0 Å². The van der Waals surface area contributed by atoms with Crippen molar-refractivity contribution in [2.75, 3.05) is 5.32 Å². The van der Waals surface area contributed by atoms with E-state index in [0.717, 1.165) is 17.1 Å². The molecule has 1 unspecified atom stereocenters. The molecule has 1 atom stereocenters. The van der Waals surface area contributed by atoms with E-state index in [1.165, 1.54) is 0 Å². The van der Waals surface area contributed by atoms with Gasteiger partial charge in [-0.25, -0.2) is 4.98 Å². The van der Waals surface area contributed by atoms with Crippen LogP contribution in [0.4, 0.5) is 5.82 Å². The van der Waals surface area contributed by atoms with Crippen molar-refractivity contribution in [1.29, 1.82) is 0 Å². The first-order chi connectivity index (χ1) is 11.4. The van der Waals surface area contributed by atoms with Crippen LogP contribution in [0.15, 0.2) is 47.5 Å². The van der Waals surface area contributed by atoms with Gasteiger partial charge in [0.1, 0.15) is 5.82 Å². The van der Waals surface area contributed by atoms with Crippen molar-refractivity contribution in [3.8, 4) is 11.3 Å². The van der Waals surface area contributed by atoms with Gasteiger partial charge in [-0.3, -0.25) is 9.78 Å². The Morgan fingerprint density at radius 3 is 2.67 bits per heavy atom. The molecule has 0 radical (unpaired) electrons. The van der Waals surface area contributed by atoms with E-state index >= 15 is 0 Å². The Kier molecular flexibility index (Phi) is 4.09. The Morgan fingerprint density at radius 2 is 2.00 bits per heavy atom. The highest BCUT2D eigenvalue weighted by molar-refractivity contribution is 5.87. The van der Waals surface area contributed by atoms with Crippen LogP contribution in [0.3, 0.4) is 0 Å². The highest BCUT2D eigenvalue weighted by Gasteiger charge is 2.22. The maximum Gasteiger partial charge on any atom is 0.257 e. The van der Waals surface area contributed by atoms with Gasteiger partial charge in [-0.2, -0.15) is 0 Å². The van der Waals surface area contributed by atoms with Crippen LogP contribution < -0.4 is 10.9 Å². The third-order valence-corrected chi connectivity index (χ3v) is 4.35. The lowest BCUT2D eigenvalue weighted by Gasteiger charge is -2.29. The van der Waals surface area contributed by atoms with Crippen molar-refractivity contribution in [2.45, 2.75) is 33.7 Å². The predicted molar refractivity (Wildman–Crippen MR) is 98.1 cm³/mol. The summed E-state index contributed by atoms with van der Waals surface area (Å²) in [5.41, 5.74) is 2.22. The number of aromatic nitrogens is 3. The summed E-state index contributed by atoms with van der Waals surface area (Å²) in [6.07, 6.45) is 3.36. The molecule has 0 amide bonds. The zero-order chi connectivity index (χ0) is 17.3. The minimum atomic E-state index is -0.146. The number of anilines is 1. The molecule has 0 spiro atoms. The first kappa shape index (κ1) is 16.2. The van der Waals surface area contributed by atoms with Gasteiger partial charge in [-0.05, 0) is 36.6 Å². The van der Waals surface area contributed by atoms with Crippen molar-refractivity contribution < 1.29 is 0 Å². The van der Waals surface area contributed by atoms with Crippen LogP contribution in [0.5, 0.6) is 0 Å². The molecular formula is C19H22N4O. The molecule has 3 heterocycles. The first-order valence-corrected chi connectivity index (χ1v) is 8.06. The smallest absolute Gasteiger partial charge is 0.257 e. The monoisotopic (exact) mass is 322 g/mol. The first-order valence-electron chi connectivity index (χ1n) is 8.06. The second-order valence-electron chi connectivity index (χ2n) is 7.07. The van der Waals surface area contributed by atoms with Gasteiger partial charge in [-0.15, -0.1) is 0 Å². The summed E-state index contributed by atoms with van der Waals surface area (Å²) in [4.78, 5) is 23.9. The van der Waals surface area contributed by atoms with Crippen molar-refractivity contribution in [1.82, 2.24) is 15.0 Å². The standard InChI is InChI=1S/C19H22N4O/c1-12(19(2,3)4)22-17-13(15-7-5-6-9-20-15)11-14-16(23-17)8-10-21-18(14)24/h5-12H,1-4H3,(H,21,24)(H,22,23). The fourth-order valence-electron chi connectivity index (χ4n) is 2.36. The number of nitrogens with zero attached hydrogens (tertiary/aromatic N) is 2. The molecule has 24 heavy (non-hydrogen) atoms. The van der Waals surface area contributed by atoms with Crippen molar-refractivity contribution in [3.05, 3.63) is 53.1 Å². The molecule has 0 aliphatic carbocycles. The lowest BCUT2D eigenvalue weighted by atomic mass is 9.88. The van der Waals surface area contributed by atoms with E-state index in [2.05, 4.69) is 43.0 Å². The van der Waals surface area contributed by atoms with E-state index < -0.39 is 0 Å². The molecule has 3 rings (SSSR count). The predicted octanol–water partition coefficient (Wildman–Crippen LogP) is 3.83.